The zero-order valence-corrected chi connectivity index (χ0v) is 10.8. The summed E-state index contributed by atoms with van der Waals surface area (Å²) >= 11 is 0. The highest BCUT2D eigenvalue weighted by atomic mass is 16.1. The maximum Gasteiger partial charge on any atom is 0.295 e. The van der Waals surface area contributed by atoms with Crippen molar-refractivity contribution < 1.29 is 4.79 Å². The van der Waals surface area contributed by atoms with Crippen LogP contribution in [0, 0.1) is 11.8 Å². The number of aromatic nitrogens is 2. The molecule has 1 amide bonds. The predicted octanol–water partition coefficient (Wildman–Crippen LogP) is 1.69. The van der Waals surface area contributed by atoms with E-state index in [9.17, 15) is 4.79 Å². The summed E-state index contributed by atoms with van der Waals surface area (Å²) < 4.78 is 2.01. The maximum atomic E-state index is 11.2. The summed E-state index contributed by atoms with van der Waals surface area (Å²) in [6.45, 7) is 2.84. The topological polar surface area (TPSA) is 46.9 Å². The minimum absolute atomic E-state index is 0.246. The normalized spacial score (nSPS) is 9.53. The fraction of sp³-hybridized carbons (Fsp3) is 0.200. The van der Waals surface area contributed by atoms with Gasteiger partial charge in [-0.05, 0) is 18.4 Å². The molecule has 2 aromatic rings. The summed E-state index contributed by atoms with van der Waals surface area (Å²) in [5.41, 5.74) is 2.15. The highest BCUT2D eigenvalue weighted by Gasteiger charge is 2.04. The lowest BCUT2D eigenvalue weighted by atomic mass is 10.2. The number of nitrogens with zero attached hydrogens (tertiary/aromatic N) is 2. The van der Waals surface area contributed by atoms with Gasteiger partial charge in [0.05, 0.1) is 18.2 Å². The van der Waals surface area contributed by atoms with Crippen LogP contribution in [0.25, 0.3) is 11.3 Å². The number of hydrogen-bond acceptors (Lipinski definition) is 2. The van der Waals surface area contributed by atoms with E-state index in [2.05, 4.69) is 22.1 Å². The van der Waals surface area contributed by atoms with E-state index in [1.165, 1.54) is 0 Å². The first-order valence-electron chi connectivity index (χ1n) is 6.07. The largest absolute Gasteiger partial charge is 0.343 e. The molecule has 1 aromatic carbocycles. The fourth-order valence-corrected chi connectivity index (χ4v) is 1.80. The minimum atomic E-state index is -0.246. The van der Waals surface area contributed by atoms with Gasteiger partial charge in [-0.3, -0.25) is 4.79 Å². The van der Waals surface area contributed by atoms with Gasteiger partial charge in [0.1, 0.15) is 0 Å². The van der Waals surface area contributed by atoms with Crippen LogP contribution in [-0.2, 0) is 11.3 Å². The van der Waals surface area contributed by atoms with Crippen molar-refractivity contribution in [1.82, 2.24) is 14.9 Å². The van der Waals surface area contributed by atoms with E-state index in [0.29, 0.717) is 13.1 Å². The summed E-state index contributed by atoms with van der Waals surface area (Å²) in [5, 5.41) is 2.74. The Kier molecular flexibility index (Phi) is 4.35. The van der Waals surface area contributed by atoms with Gasteiger partial charge in [-0.1, -0.05) is 36.3 Å². The van der Waals surface area contributed by atoms with Crippen molar-refractivity contribution in [1.29, 1.82) is 0 Å². The minimum Gasteiger partial charge on any atom is -0.343 e. The molecule has 4 heteroatoms. The lowest BCUT2D eigenvalue weighted by Gasteiger charge is -2.08. The Morgan fingerprint density at radius 3 is 2.89 bits per heavy atom. The molecule has 0 radical (unpaired) electrons. The smallest absolute Gasteiger partial charge is 0.295 e. The number of benzene rings is 1. The summed E-state index contributed by atoms with van der Waals surface area (Å²) in [7, 11) is 0. The summed E-state index contributed by atoms with van der Waals surface area (Å²) in [6.07, 6.45) is 3.59. The molecule has 96 valence electrons. The fourth-order valence-electron chi connectivity index (χ4n) is 1.80. The molecule has 1 heterocycles. The molecule has 1 N–H and O–H groups in total. The van der Waals surface area contributed by atoms with Crippen LogP contribution in [0.2, 0.25) is 0 Å². The Morgan fingerprint density at radius 1 is 1.37 bits per heavy atom. The van der Waals surface area contributed by atoms with Crippen molar-refractivity contribution in [2.75, 3.05) is 6.54 Å². The van der Waals surface area contributed by atoms with E-state index in [-0.39, 0.29) is 5.91 Å². The van der Waals surface area contributed by atoms with Crippen molar-refractivity contribution in [3.8, 4) is 23.1 Å². The number of amides is 1. The molecule has 0 saturated carbocycles. The van der Waals surface area contributed by atoms with Gasteiger partial charge in [-0.25, -0.2) is 4.98 Å². The summed E-state index contributed by atoms with van der Waals surface area (Å²) in [4.78, 5) is 15.4. The van der Waals surface area contributed by atoms with Crippen LogP contribution in [0.3, 0.4) is 0 Å². The zero-order valence-electron chi connectivity index (χ0n) is 10.8. The number of imidazole rings is 1. The Hall–Kier alpha value is -2.54. The Labute approximate surface area is 112 Å². The van der Waals surface area contributed by atoms with Gasteiger partial charge < -0.3 is 9.88 Å². The predicted molar refractivity (Wildman–Crippen MR) is 74.1 cm³/mol. The lowest BCUT2D eigenvalue weighted by molar-refractivity contribution is -0.115. The van der Waals surface area contributed by atoms with Gasteiger partial charge in [-0.15, -0.1) is 0 Å². The molecule has 0 fully saturated rings. The molecule has 0 spiro atoms. The third-order valence-corrected chi connectivity index (χ3v) is 2.66. The number of carbonyl (C=O) groups is 1. The molecule has 1 aromatic heterocycles. The van der Waals surface area contributed by atoms with Crippen LogP contribution >= 0.6 is 0 Å². The number of rotatable bonds is 4. The van der Waals surface area contributed by atoms with Crippen molar-refractivity contribution >= 4 is 5.91 Å². The van der Waals surface area contributed by atoms with E-state index in [1.807, 2.05) is 41.1 Å². The average Bonchev–Trinajstić information content (AvgIpc) is 2.88. The lowest BCUT2D eigenvalue weighted by Crippen LogP contribution is -2.25. The van der Waals surface area contributed by atoms with Gasteiger partial charge in [0.2, 0.25) is 0 Å². The molecule has 0 atom stereocenters. The molecule has 0 aliphatic carbocycles. The van der Waals surface area contributed by atoms with E-state index in [0.717, 1.165) is 11.3 Å². The van der Waals surface area contributed by atoms with Crippen LogP contribution in [0.15, 0.2) is 42.9 Å². The van der Waals surface area contributed by atoms with Gasteiger partial charge in [0.15, 0.2) is 0 Å². The van der Waals surface area contributed by atoms with E-state index < -0.39 is 0 Å². The first-order chi connectivity index (χ1) is 9.31. The van der Waals surface area contributed by atoms with Gasteiger partial charge in [-0.2, -0.15) is 0 Å². The van der Waals surface area contributed by atoms with Gasteiger partial charge in [0, 0.05) is 13.1 Å². The molecule has 0 aliphatic rings. The SMILES string of the molecule is CC#CC(=O)NCCn1cncc1-c1ccccc1. The number of nitrogens with one attached hydrogen (secondary N) is 1. The van der Waals surface area contributed by atoms with Crippen LogP contribution in [-0.4, -0.2) is 22.0 Å². The zero-order chi connectivity index (χ0) is 13.5. The third kappa shape index (κ3) is 3.46. The molecule has 2 rings (SSSR count). The number of carbonyl (C=O) groups excluding carboxylic acids is 1. The van der Waals surface area contributed by atoms with Crippen LogP contribution < -0.4 is 5.32 Å². The molecule has 0 aliphatic heterocycles. The maximum absolute atomic E-state index is 11.2. The molecule has 0 bridgehead atoms. The molecule has 19 heavy (non-hydrogen) atoms. The molecule has 0 unspecified atom stereocenters. The van der Waals surface area contributed by atoms with Crippen molar-refractivity contribution in [3.63, 3.8) is 0 Å². The second-order valence-corrected chi connectivity index (χ2v) is 3.97. The summed E-state index contributed by atoms with van der Waals surface area (Å²) in [6, 6.07) is 10.0. The molecular weight excluding hydrogens is 238 g/mol. The second-order valence-electron chi connectivity index (χ2n) is 3.97. The van der Waals surface area contributed by atoms with E-state index in [4.69, 9.17) is 0 Å². The monoisotopic (exact) mass is 253 g/mol. The second kappa shape index (κ2) is 6.41. The van der Waals surface area contributed by atoms with Crippen LogP contribution in [0.1, 0.15) is 6.92 Å². The average molecular weight is 253 g/mol. The highest BCUT2D eigenvalue weighted by molar-refractivity contribution is 5.93. The van der Waals surface area contributed by atoms with Crippen molar-refractivity contribution in [2.45, 2.75) is 13.5 Å². The first kappa shape index (κ1) is 12.9. The van der Waals surface area contributed by atoms with E-state index >= 15 is 0 Å². The van der Waals surface area contributed by atoms with Gasteiger partial charge in [0.25, 0.3) is 5.91 Å². The quantitative estimate of drug-likeness (QED) is 0.843. The Balaban J connectivity index is 2.00. The van der Waals surface area contributed by atoms with E-state index in [1.54, 1.807) is 13.3 Å². The Bertz CT molecular complexity index is 605. The van der Waals surface area contributed by atoms with Crippen LogP contribution in [0.4, 0.5) is 0 Å². The van der Waals surface area contributed by atoms with Gasteiger partial charge >= 0.3 is 0 Å². The third-order valence-electron chi connectivity index (χ3n) is 2.66. The van der Waals surface area contributed by atoms with Crippen molar-refractivity contribution in [2.24, 2.45) is 0 Å². The standard InChI is InChI=1S/C15H15N3O/c1-2-6-15(19)17-9-10-18-12-16-11-14(18)13-7-4-3-5-8-13/h3-5,7-8,11-12H,9-10H2,1H3,(H,17,19). The first-order valence-corrected chi connectivity index (χ1v) is 6.07. The highest BCUT2D eigenvalue weighted by Crippen LogP contribution is 2.17. The van der Waals surface area contributed by atoms with Crippen molar-refractivity contribution in [3.05, 3.63) is 42.9 Å². The van der Waals surface area contributed by atoms with Crippen LogP contribution in [0.5, 0.6) is 0 Å². The Morgan fingerprint density at radius 2 is 2.16 bits per heavy atom. The number of hydrogen-bond donors (Lipinski definition) is 1. The molecular formula is C15H15N3O. The molecule has 0 saturated heterocycles. The molecule has 4 nitrogen and oxygen atoms in total. The summed E-state index contributed by atoms with van der Waals surface area (Å²) in [5.74, 6) is 4.77.